The Bertz CT molecular complexity index is 690. The molecule has 1 saturated heterocycles. The fraction of sp³-hybridized carbons (Fsp3) is 0.571. The molecule has 0 bridgehead atoms. The first-order valence-corrected chi connectivity index (χ1v) is 10.1. The van der Waals surface area contributed by atoms with Gasteiger partial charge in [-0.1, -0.05) is 19.1 Å². The Morgan fingerprint density at radius 1 is 1.28 bits per heavy atom. The first-order valence-electron chi connectivity index (χ1n) is 10.1. The minimum atomic E-state index is -0.824. The van der Waals surface area contributed by atoms with Crippen molar-refractivity contribution in [2.24, 2.45) is 0 Å². The van der Waals surface area contributed by atoms with Crippen LogP contribution in [0.25, 0.3) is 0 Å². The molecule has 0 aromatic heterocycles. The number of carbonyl (C=O) groups is 3. The van der Waals surface area contributed by atoms with E-state index in [9.17, 15) is 14.4 Å². The summed E-state index contributed by atoms with van der Waals surface area (Å²) in [5.41, 5.74) is 1.02. The molecule has 1 heterocycles. The van der Waals surface area contributed by atoms with Crippen molar-refractivity contribution in [2.75, 3.05) is 26.2 Å². The molecule has 1 aliphatic heterocycles. The number of piperazine rings is 1. The Kier molecular flexibility index (Phi) is 8.92. The molecule has 8 nitrogen and oxygen atoms in total. The van der Waals surface area contributed by atoms with E-state index in [0.29, 0.717) is 32.7 Å². The summed E-state index contributed by atoms with van der Waals surface area (Å²) < 4.78 is 10.7. The average molecular weight is 405 g/mol. The summed E-state index contributed by atoms with van der Waals surface area (Å²) in [6, 6.07) is 6.85. The van der Waals surface area contributed by atoms with Crippen LogP contribution in [0.5, 0.6) is 5.75 Å². The summed E-state index contributed by atoms with van der Waals surface area (Å²) in [7, 11) is 0. The number of hydrogen-bond acceptors (Lipinski definition) is 6. The Labute approximate surface area is 171 Å². The van der Waals surface area contributed by atoms with E-state index in [1.807, 2.05) is 45.0 Å². The Hall–Kier alpha value is -2.61. The first-order chi connectivity index (χ1) is 13.9. The topological polar surface area (TPSA) is 97.0 Å². The molecule has 1 atom stereocenters. The van der Waals surface area contributed by atoms with Crippen molar-refractivity contribution in [3.63, 3.8) is 0 Å². The second kappa shape index (κ2) is 11.4. The van der Waals surface area contributed by atoms with E-state index in [4.69, 9.17) is 9.47 Å². The van der Waals surface area contributed by atoms with E-state index in [0.717, 1.165) is 11.3 Å². The Morgan fingerprint density at radius 3 is 2.66 bits per heavy atom. The van der Waals surface area contributed by atoms with Crippen molar-refractivity contribution in [3.8, 4) is 5.75 Å². The molecular weight excluding hydrogens is 374 g/mol. The van der Waals surface area contributed by atoms with Crippen LogP contribution in [0.1, 0.15) is 39.2 Å². The number of rotatable bonds is 10. The summed E-state index contributed by atoms with van der Waals surface area (Å²) in [5.74, 6) is -0.202. The highest BCUT2D eigenvalue weighted by molar-refractivity contribution is 5.92. The summed E-state index contributed by atoms with van der Waals surface area (Å²) in [4.78, 5) is 38.2. The highest BCUT2D eigenvalue weighted by Gasteiger charge is 2.34. The van der Waals surface area contributed by atoms with Crippen molar-refractivity contribution in [3.05, 3.63) is 29.8 Å². The molecule has 0 spiro atoms. The van der Waals surface area contributed by atoms with E-state index in [1.165, 1.54) is 4.90 Å². The van der Waals surface area contributed by atoms with Crippen molar-refractivity contribution in [1.82, 2.24) is 15.5 Å². The van der Waals surface area contributed by atoms with Crippen LogP contribution >= 0.6 is 0 Å². The molecule has 1 aromatic rings. The number of amides is 2. The van der Waals surface area contributed by atoms with Gasteiger partial charge in [-0.15, -0.1) is 0 Å². The van der Waals surface area contributed by atoms with Gasteiger partial charge in [0.25, 0.3) is 0 Å². The molecule has 2 N–H and O–H groups in total. The van der Waals surface area contributed by atoms with Crippen molar-refractivity contribution < 1.29 is 23.9 Å². The number of ether oxygens (including phenoxy) is 2. The molecule has 8 heteroatoms. The van der Waals surface area contributed by atoms with Crippen LogP contribution in [0, 0.1) is 0 Å². The second-order valence-corrected chi connectivity index (χ2v) is 7.23. The zero-order valence-corrected chi connectivity index (χ0v) is 17.4. The van der Waals surface area contributed by atoms with Crippen LogP contribution in [0.4, 0.5) is 0 Å². The smallest absolute Gasteiger partial charge is 0.308 e. The zero-order valence-electron chi connectivity index (χ0n) is 17.4. The van der Waals surface area contributed by atoms with Gasteiger partial charge in [0.15, 0.2) is 0 Å². The molecule has 2 amide bonds. The van der Waals surface area contributed by atoms with Crippen molar-refractivity contribution >= 4 is 17.8 Å². The molecule has 2 rings (SSSR count). The third kappa shape index (κ3) is 7.38. The number of hydrogen-bond donors (Lipinski definition) is 2. The van der Waals surface area contributed by atoms with Gasteiger partial charge in [0.05, 0.1) is 25.7 Å². The third-order valence-electron chi connectivity index (χ3n) is 4.38. The molecule has 0 saturated carbocycles. The van der Waals surface area contributed by atoms with E-state index in [1.54, 1.807) is 0 Å². The van der Waals surface area contributed by atoms with Crippen LogP contribution < -0.4 is 15.4 Å². The average Bonchev–Trinajstić information content (AvgIpc) is 2.68. The first kappa shape index (κ1) is 22.7. The van der Waals surface area contributed by atoms with Gasteiger partial charge >= 0.3 is 5.97 Å². The highest BCUT2D eigenvalue weighted by atomic mass is 16.5. The van der Waals surface area contributed by atoms with E-state index < -0.39 is 12.0 Å². The quantitative estimate of drug-likeness (QED) is 0.569. The fourth-order valence-corrected chi connectivity index (χ4v) is 3.02. The normalized spacial score (nSPS) is 16.5. The molecule has 1 fully saturated rings. The predicted molar refractivity (Wildman–Crippen MR) is 108 cm³/mol. The van der Waals surface area contributed by atoms with Gasteiger partial charge < -0.3 is 25.0 Å². The second-order valence-electron chi connectivity index (χ2n) is 7.23. The molecule has 0 aliphatic carbocycles. The van der Waals surface area contributed by atoms with E-state index in [2.05, 4.69) is 10.6 Å². The number of carbonyl (C=O) groups excluding carboxylic acids is 3. The molecule has 0 radical (unpaired) electrons. The molecule has 29 heavy (non-hydrogen) atoms. The minimum absolute atomic E-state index is 0.0814. The van der Waals surface area contributed by atoms with Crippen molar-refractivity contribution in [1.29, 1.82) is 0 Å². The summed E-state index contributed by atoms with van der Waals surface area (Å²) >= 11 is 0. The summed E-state index contributed by atoms with van der Waals surface area (Å²) in [6.45, 7) is 7.49. The number of esters is 1. The number of nitrogens with one attached hydrogen (secondary N) is 2. The standard InChI is InChI=1S/C21H31N3O5/c1-4-11-28-20(26)12-18-21(27)23-9-10-24(18)19(25)14-22-13-16-5-7-17(8-6-16)29-15(2)3/h5-8,15,18,22H,4,9-14H2,1-3H3,(H,23,27). The van der Waals surface area contributed by atoms with Crippen molar-refractivity contribution in [2.45, 2.75) is 52.3 Å². The van der Waals surface area contributed by atoms with Gasteiger partial charge in [-0.25, -0.2) is 0 Å². The lowest BCUT2D eigenvalue weighted by molar-refractivity contribution is -0.151. The van der Waals surface area contributed by atoms with Crippen LogP contribution in [0.15, 0.2) is 24.3 Å². The number of benzene rings is 1. The maximum atomic E-state index is 12.6. The van der Waals surface area contributed by atoms with Crippen LogP contribution in [0.2, 0.25) is 0 Å². The van der Waals surface area contributed by atoms with Crippen LogP contribution in [-0.2, 0) is 25.7 Å². The van der Waals surface area contributed by atoms with Crippen LogP contribution in [0.3, 0.4) is 0 Å². The maximum absolute atomic E-state index is 12.6. The number of nitrogens with zero attached hydrogens (tertiary/aromatic N) is 1. The lowest BCUT2D eigenvalue weighted by atomic mass is 10.1. The van der Waals surface area contributed by atoms with Crippen LogP contribution in [-0.4, -0.2) is 61.1 Å². The third-order valence-corrected chi connectivity index (χ3v) is 4.38. The molecule has 1 aliphatic rings. The highest BCUT2D eigenvalue weighted by Crippen LogP contribution is 2.14. The van der Waals surface area contributed by atoms with Gasteiger partial charge in [0.1, 0.15) is 11.8 Å². The Morgan fingerprint density at radius 2 is 2.00 bits per heavy atom. The van der Waals surface area contributed by atoms with Gasteiger partial charge in [-0.3, -0.25) is 14.4 Å². The fourth-order valence-electron chi connectivity index (χ4n) is 3.02. The SMILES string of the molecule is CCCOC(=O)CC1C(=O)NCCN1C(=O)CNCc1ccc(OC(C)C)cc1. The minimum Gasteiger partial charge on any atom is -0.491 e. The lowest BCUT2D eigenvalue weighted by Gasteiger charge is -2.34. The molecule has 1 aromatic carbocycles. The van der Waals surface area contributed by atoms with E-state index in [-0.39, 0.29) is 30.9 Å². The zero-order chi connectivity index (χ0) is 21.2. The maximum Gasteiger partial charge on any atom is 0.308 e. The molecule has 160 valence electrons. The Balaban J connectivity index is 1.85. The molecular formula is C21H31N3O5. The van der Waals surface area contributed by atoms with Gasteiger partial charge in [0.2, 0.25) is 11.8 Å². The summed E-state index contributed by atoms with van der Waals surface area (Å²) in [5, 5.41) is 5.81. The van der Waals surface area contributed by atoms with Gasteiger partial charge in [-0.05, 0) is 38.0 Å². The van der Waals surface area contributed by atoms with Gasteiger partial charge in [-0.2, -0.15) is 0 Å². The summed E-state index contributed by atoms with van der Waals surface area (Å²) in [6.07, 6.45) is 0.694. The predicted octanol–water partition coefficient (Wildman–Crippen LogP) is 1.23. The van der Waals surface area contributed by atoms with Gasteiger partial charge in [0, 0.05) is 19.6 Å². The molecule has 1 unspecified atom stereocenters. The largest absolute Gasteiger partial charge is 0.491 e. The monoisotopic (exact) mass is 405 g/mol. The lowest BCUT2D eigenvalue weighted by Crippen LogP contribution is -2.59. The van der Waals surface area contributed by atoms with E-state index >= 15 is 0 Å².